The summed E-state index contributed by atoms with van der Waals surface area (Å²) in [5.74, 6) is 0. The van der Waals surface area contributed by atoms with Gasteiger partial charge in [-0.3, -0.25) is 4.90 Å². The maximum atomic E-state index is 13.0. The van der Waals surface area contributed by atoms with E-state index in [9.17, 15) is 18.4 Å². The van der Waals surface area contributed by atoms with E-state index in [0.717, 1.165) is 24.3 Å². The van der Waals surface area contributed by atoms with E-state index in [-0.39, 0.29) is 17.6 Å². The largest absolute Gasteiger partial charge is 0.416 e. The molecule has 2 bridgehead atoms. The molecule has 1 fully saturated rings. The SMILES string of the molecule is N#Cc1cc(C(F)(F)F)ccc1C1=CC2COCC(C1)N2Cc1ccccc1. The summed E-state index contributed by atoms with van der Waals surface area (Å²) in [6.45, 7) is 1.90. The van der Waals surface area contributed by atoms with Gasteiger partial charge in [0.1, 0.15) is 0 Å². The van der Waals surface area contributed by atoms with E-state index in [1.807, 2.05) is 30.3 Å². The van der Waals surface area contributed by atoms with Gasteiger partial charge in [-0.15, -0.1) is 0 Å². The number of nitriles is 1. The summed E-state index contributed by atoms with van der Waals surface area (Å²) in [6, 6.07) is 15.7. The first-order valence-electron chi connectivity index (χ1n) is 9.15. The molecule has 6 heteroatoms. The summed E-state index contributed by atoms with van der Waals surface area (Å²) in [5, 5.41) is 9.41. The third-order valence-electron chi connectivity index (χ3n) is 5.36. The van der Waals surface area contributed by atoms with Gasteiger partial charge >= 0.3 is 6.18 Å². The maximum Gasteiger partial charge on any atom is 0.416 e. The molecule has 0 N–H and O–H groups in total. The summed E-state index contributed by atoms with van der Waals surface area (Å²) in [6.07, 6.45) is -1.77. The van der Waals surface area contributed by atoms with Gasteiger partial charge in [0, 0.05) is 12.6 Å². The van der Waals surface area contributed by atoms with Crippen LogP contribution in [0, 0.1) is 11.3 Å². The van der Waals surface area contributed by atoms with Gasteiger partial charge in [0.2, 0.25) is 0 Å². The lowest BCUT2D eigenvalue weighted by Gasteiger charge is -2.45. The number of ether oxygens (including phenoxy) is 1. The van der Waals surface area contributed by atoms with Crippen LogP contribution in [0.3, 0.4) is 0 Å². The lowest BCUT2D eigenvalue weighted by atomic mass is 9.87. The maximum absolute atomic E-state index is 13.0. The second-order valence-corrected chi connectivity index (χ2v) is 7.18. The van der Waals surface area contributed by atoms with Crippen molar-refractivity contribution in [2.45, 2.75) is 31.2 Å². The quantitative estimate of drug-likeness (QED) is 0.774. The van der Waals surface area contributed by atoms with Crippen LogP contribution in [0.2, 0.25) is 0 Å². The molecule has 0 amide bonds. The zero-order chi connectivity index (χ0) is 19.7. The molecule has 0 saturated carbocycles. The minimum absolute atomic E-state index is 0.0385. The van der Waals surface area contributed by atoms with E-state index in [1.54, 1.807) is 0 Å². The first-order chi connectivity index (χ1) is 13.5. The van der Waals surface area contributed by atoms with Crippen LogP contribution in [0.5, 0.6) is 0 Å². The van der Waals surface area contributed by atoms with E-state index >= 15 is 0 Å². The molecular formula is C22H19F3N2O. The number of rotatable bonds is 3. The first-order valence-corrected chi connectivity index (χ1v) is 9.15. The molecule has 2 aliphatic heterocycles. The highest BCUT2D eigenvalue weighted by Gasteiger charge is 2.36. The minimum atomic E-state index is -4.46. The van der Waals surface area contributed by atoms with Gasteiger partial charge in [0.15, 0.2) is 0 Å². The van der Waals surface area contributed by atoms with Gasteiger partial charge in [-0.2, -0.15) is 18.4 Å². The molecule has 0 radical (unpaired) electrons. The van der Waals surface area contributed by atoms with Crippen LogP contribution in [-0.4, -0.2) is 30.2 Å². The average Bonchev–Trinajstić information content (AvgIpc) is 2.67. The molecule has 1 saturated heterocycles. The standard InChI is InChI=1S/C22H19F3N2O/c23-22(24,25)18-6-7-21(17(8-18)11-26)16-9-19-13-28-14-20(10-16)27(19)12-15-4-2-1-3-5-15/h1-9,19-20H,10,12-14H2. The van der Waals surface area contributed by atoms with Crippen molar-refractivity contribution in [2.75, 3.05) is 13.2 Å². The zero-order valence-corrected chi connectivity index (χ0v) is 15.1. The molecule has 0 spiro atoms. The van der Waals surface area contributed by atoms with Gasteiger partial charge in [-0.25, -0.2) is 0 Å². The molecule has 0 aromatic heterocycles. The average molecular weight is 384 g/mol. The van der Waals surface area contributed by atoms with E-state index in [1.165, 1.54) is 11.6 Å². The predicted molar refractivity (Wildman–Crippen MR) is 99.1 cm³/mol. The van der Waals surface area contributed by atoms with E-state index in [0.29, 0.717) is 25.2 Å². The van der Waals surface area contributed by atoms with Crippen molar-refractivity contribution >= 4 is 5.57 Å². The molecule has 2 heterocycles. The Kier molecular flexibility index (Phi) is 4.96. The summed E-state index contributed by atoms with van der Waals surface area (Å²) < 4.78 is 44.6. The van der Waals surface area contributed by atoms with Gasteiger partial charge < -0.3 is 4.74 Å². The van der Waals surface area contributed by atoms with Crippen molar-refractivity contribution in [3.63, 3.8) is 0 Å². The second kappa shape index (κ2) is 7.42. The molecule has 2 aliphatic rings. The summed E-state index contributed by atoms with van der Waals surface area (Å²) in [4.78, 5) is 2.37. The number of halogens is 3. The lowest BCUT2D eigenvalue weighted by molar-refractivity contribution is -0.137. The molecule has 144 valence electrons. The Labute approximate surface area is 161 Å². The van der Waals surface area contributed by atoms with Crippen molar-refractivity contribution in [1.29, 1.82) is 5.26 Å². The molecular weight excluding hydrogens is 365 g/mol. The second-order valence-electron chi connectivity index (χ2n) is 7.18. The van der Waals surface area contributed by atoms with E-state index in [4.69, 9.17) is 4.74 Å². The van der Waals surface area contributed by atoms with Gasteiger partial charge in [-0.1, -0.05) is 42.5 Å². The Morgan fingerprint density at radius 3 is 2.57 bits per heavy atom. The van der Waals surface area contributed by atoms with E-state index in [2.05, 4.69) is 17.0 Å². The number of hydrogen-bond donors (Lipinski definition) is 0. The molecule has 2 aromatic carbocycles. The Morgan fingerprint density at radius 1 is 1.11 bits per heavy atom. The molecule has 2 unspecified atom stereocenters. The van der Waals surface area contributed by atoms with Crippen molar-refractivity contribution in [2.24, 2.45) is 0 Å². The number of hydrogen-bond acceptors (Lipinski definition) is 3. The molecule has 3 nitrogen and oxygen atoms in total. The summed E-state index contributed by atoms with van der Waals surface area (Å²) >= 11 is 0. The summed E-state index contributed by atoms with van der Waals surface area (Å²) in [7, 11) is 0. The Hall–Kier alpha value is -2.62. The summed E-state index contributed by atoms with van der Waals surface area (Å²) in [5.41, 5.74) is 2.00. The Morgan fingerprint density at radius 2 is 1.89 bits per heavy atom. The number of alkyl halides is 3. The number of fused-ring (bicyclic) bond motifs is 2. The fourth-order valence-corrected chi connectivity index (χ4v) is 3.99. The molecule has 28 heavy (non-hydrogen) atoms. The minimum Gasteiger partial charge on any atom is -0.378 e. The fourth-order valence-electron chi connectivity index (χ4n) is 3.99. The van der Waals surface area contributed by atoms with Crippen LogP contribution in [0.4, 0.5) is 13.2 Å². The zero-order valence-electron chi connectivity index (χ0n) is 15.1. The van der Waals surface area contributed by atoms with Crippen molar-refractivity contribution in [3.05, 3.63) is 76.9 Å². The normalized spacial score (nSPS) is 22.4. The Bertz CT molecular complexity index is 931. The van der Waals surface area contributed by atoms with Crippen molar-refractivity contribution < 1.29 is 17.9 Å². The smallest absolute Gasteiger partial charge is 0.378 e. The monoisotopic (exact) mass is 384 g/mol. The van der Waals surface area contributed by atoms with Crippen molar-refractivity contribution in [1.82, 2.24) is 4.90 Å². The van der Waals surface area contributed by atoms with Crippen LogP contribution in [0.15, 0.2) is 54.6 Å². The van der Waals surface area contributed by atoms with Crippen LogP contribution >= 0.6 is 0 Å². The number of nitrogens with zero attached hydrogens (tertiary/aromatic N) is 2. The van der Waals surface area contributed by atoms with Gasteiger partial charge in [0.05, 0.1) is 36.5 Å². The van der Waals surface area contributed by atoms with Crippen LogP contribution in [0.25, 0.3) is 5.57 Å². The third kappa shape index (κ3) is 3.68. The molecule has 2 atom stereocenters. The third-order valence-corrected chi connectivity index (χ3v) is 5.36. The molecule has 4 rings (SSSR count). The highest BCUT2D eigenvalue weighted by atomic mass is 19.4. The number of morpholine rings is 1. The van der Waals surface area contributed by atoms with Crippen LogP contribution in [-0.2, 0) is 17.5 Å². The molecule has 0 aliphatic carbocycles. The highest BCUT2D eigenvalue weighted by Crippen LogP contribution is 2.37. The molecule has 2 aromatic rings. The number of benzene rings is 2. The van der Waals surface area contributed by atoms with Crippen molar-refractivity contribution in [3.8, 4) is 6.07 Å². The topological polar surface area (TPSA) is 36.3 Å². The first kappa shape index (κ1) is 18.7. The van der Waals surface area contributed by atoms with Crippen LogP contribution in [0.1, 0.15) is 28.7 Å². The highest BCUT2D eigenvalue weighted by molar-refractivity contribution is 5.73. The lowest BCUT2D eigenvalue weighted by Crippen LogP contribution is -2.53. The van der Waals surface area contributed by atoms with Gasteiger partial charge in [0.25, 0.3) is 0 Å². The fraction of sp³-hybridized carbons (Fsp3) is 0.318. The Balaban J connectivity index is 1.65. The van der Waals surface area contributed by atoms with E-state index < -0.39 is 11.7 Å². The van der Waals surface area contributed by atoms with Crippen LogP contribution < -0.4 is 0 Å². The predicted octanol–water partition coefficient (Wildman–Crippen LogP) is 4.63. The van der Waals surface area contributed by atoms with Gasteiger partial charge in [-0.05, 0) is 35.3 Å².